The van der Waals surface area contributed by atoms with Crippen molar-refractivity contribution in [3.63, 3.8) is 0 Å². The van der Waals surface area contributed by atoms with Gasteiger partial charge in [-0.3, -0.25) is 4.79 Å². The number of carboxylic acid groups (broad SMARTS) is 1. The van der Waals surface area contributed by atoms with Crippen molar-refractivity contribution in [3.8, 4) is 0 Å². The van der Waals surface area contributed by atoms with Crippen LogP contribution in [0.15, 0.2) is 0 Å². The second kappa shape index (κ2) is 3.98. The first-order chi connectivity index (χ1) is 6.73. The van der Waals surface area contributed by atoms with Crippen LogP contribution in [-0.2, 0) is 4.79 Å². The zero-order chi connectivity index (χ0) is 11.7. The predicted octanol–water partition coefficient (Wildman–Crippen LogP) is 2.92. The molecule has 6 heteroatoms. The Hall–Kier alpha value is -0.810. The molecular weight excluding hydrogens is 216 g/mol. The van der Waals surface area contributed by atoms with Crippen molar-refractivity contribution in [1.82, 2.24) is 0 Å². The van der Waals surface area contributed by atoms with Crippen molar-refractivity contribution in [1.29, 1.82) is 0 Å². The Kier molecular flexibility index (Phi) is 3.25. The van der Waals surface area contributed by atoms with Crippen LogP contribution in [-0.4, -0.2) is 22.9 Å². The number of carboxylic acids is 1. The van der Waals surface area contributed by atoms with Gasteiger partial charge in [0.25, 0.3) is 5.92 Å². The summed E-state index contributed by atoms with van der Waals surface area (Å²) in [6.45, 7) is 0. The van der Waals surface area contributed by atoms with Crippen LogP contribution in [0.25, 0.3) is 0 Å². The van der Waals surface area contributed by atoms with E-state index in [0.717, 1.165) is 0 Å². The van der Waals surface area contributed by atoms with Gasteiger partial charge in [0.1, 0.15) is 6.42 Å². The molecule has 2 nitrogen and oxygen atoms in total. The van der Waals surface area contributed by atoms with Crippen molar-refractivity contribution in [2.24, 2.45) is 5.92 Å². The van der Waals surface area contributed by atoms with Gasteiger partial charge in [-0.2, -0.15) is 0 Å². The smallest absolute Gasteiger partial charge is 0.309 e. The Bertz CT molecular complexity index is 242. The van der Waals surface area contributed by atoms with Crippen LogP contribution in [0.2, 0.25) is 0 Å². The van der Waals surface area contributed by atoms with Gasteiger partial charge in [0.05, 0.1) is 0 Å². The summed E-state index contributed by atoms with van der Waals surface area (Å²) >= 11 is 0. The van der Waals surface area contributed by atoms with E-state index < -0.39 is 43.0 Å². The summed E-state index contributed by atoms with van der Waals surface area (Å²) in [4.78, 5) is 10.2. The fourth-order valence-electron chi connectivity index (χ4n) is 1.81. The average Bonchev–Trinajstić information content (AvgIpc) is 2.00. The highest BCUT2D eigenvalue weighted by Gasteiger charge is 2.47. The zero-order valence-electron chi connectivity index (χ0n) is 7.98. The van der Waals surface area contributed by atoms with Gasteiger partial charge in [0, 0.05) is 18.8 Å². The van der Waals surface area contributed by atoms with Crippen LogP contribution in [0.3, 0.4) is 0 Å². The normalized spacial score (nSPS) is 22.7. The second-order valence-corrected chi connectivity index (χ2v) is 3.96. The third kappa shape index (κ3) is 3.35. The Labute approximate surface area is 84.3 Å². The minimum atomic E-state index is -3.37. The van der Waals surface area contributed by atoms with E-state index in [1.165, 1.54) is 0 Å². The first kappa shape index (κ1) is 12.3. The highest BCUT2D eigenvalue weighted by atomic mass is 19.3. The third-order valence-electron chi connectivity index (χ3n) is 2.70. The van der Waals surface area contributed by atoms with E-state index in [9.17, 15) is 22.4 Å². The molecule has 0 atom stereocenters. The first-order valence-corrected chi connectivity index (χ1v) is 4.70. The minimum Gasteiger partial charge on any atom is -0.481 e. The summed E-state index contributed by atoms with van der Waals surface area (Å²) in [5.41, 5.74) is 0. The molecule has 0 heterocycles. The Balaban J connectivity index is 2.55. The van der Waals surface area contributed by atoms with Crippen LogP contribution in [0.5, 0.6) is 0 Å². The molecule has 15 heavy (non-hydrogen) atoms. The molecule has 0 spiro atoms. The lowest BCUT2D eigenvalue weighted by molar-refractivity contribution is -0.155. The minimum absolute atomic E-state index is 0.312. The first-order valence-electron chi connectivity index (χ1n) is 4.70. The van der Waals surface area contributed by atoms with E-state index in [1.807, 2.05) is 0 Å². The molecule has 0 bridgehead atoms. The number of alkyl halides is 4. The fraction of sp³-hybridized carbons (Fsp3) is 0.889. The molecule has 1 N–H and O–H groups in total. The standard InChI is InChI=1S/C9H12F4O2/c10-8(11)3-1-6(2-4-8)9(12,13)5-7(14)15/h6H,1-5H2,(H,14,15). The second-order valence-electron chi connectivity index (χ2n) is 3.96. The largest absolute Gasteiger partial charge is 0.481 e. The number of hydrogen-bond donors (Lipinski definition) is 1. The van der Waals surface area contributed by atoms with Gasteiger partial charge < -0.3 is 5.11 Å². The van der Waals surface area contributed by atoms with Gasteiger partial charge in [0.15, 0.2) is 0 Å². The van der Waals surface area contributed by atoms with Gasteiger partial charge >= 0.3 is 5.97 Å². The van der Waals surface area contributed by atoms with Gasteiger partial charge in [-0.15, -0.1) is 0 Å². The summed E-state index contributed by atoms with van der Waals surface area (Å²) in [6, 6.07) is 0. The highest BCUT2D eigenvalue weighted by molar-refractivity contribution is 5.67. The Morgan fingerprint density at radius 1 is 1.33 bits per heavy atom. The zero-order valence-corrected chi connectivity index (χ0v) is 7.98. The summed E-state index contributed by atoms with van der Waals surface area (Å²) < 4.78 is 51.7. The molecular formula is C9H12F4O2. The number of aliphatic carboxylic acids is 1. The van der Waals surface area contributed by atoms with Gasteiger partial charge in [-0.1, -0.05) is 0 Å². The van der Waals surface area contributed by atoms with Gasteiger partial charge in [-0.25, -0.2) is 17.6 Å². The Morgan fingerprint density at radius 3 is 2.20 bits per heavy atom. The molecule has 1 fully saturated rings. The molecule has 1 saturated carbocycles. The molecule has 0 aromatic carbocycles. The molecule has 0 aromatic rings. The van der Waals surface area contributed by atoms with E-state index >= 15 is 0 Å². The quantitative estimate of drug-likeness (QED) is 0.754. The number of carbonyl (C=O) groups is 1. The molecule has 1 rings (SSSR count). The molecule has 88 valence electrons. The maximum Gasteiger partial charge on any atom is 0.309 e. The summed E-state index contributed by atoms with van der Waals surface area (Å²) in [6.07, 6.45) is -3.05. The molecule has 0 amide bonds. The number of rotatable bonds is 3. The van der Waals surface area contributed by atoms with Crippen LogP contribution in [0.1, 0.15) is 32.1 Å². The van der Waals surface area contributed by atoms with Crippen molar-refractivity contribution in [2.45, 2.75) is 43.9 Å². The SMILES string of the molecule is O=C(O)CC(F)(F)C1CCC(F)(F)CC1. The Morgan fingerprint density at radius 2 is 1.80 bits per heavy atom. The topological polar surface area (TPSA) is 37.3 Å². The molecule has 1 aliphatic rings. The summed E-state index contributed by atoms with van der Waals surface area (Å²) in [5, 5.41) is 8.25. The van der Waals surface area contributed by atoms with Crippen molar-refractivity contribution in [3.05, 3.63) is 0 Å². The maximum absolute atomic E-state index is 13.2. The van der Waals surface area contributed by atoms with Gasteiger partial charge in [0.2, 0.25) is 5.92 Å². The predicted molar refractivity (Wildman–Crippen MR) is 44.1 cm³/mol. The average molecular weight is 228 g/mol. The number of halogens is 4. The van der Waals surface area contributed by atoms with Crippen molar-refractivity contribution < 1.29 is 27.5 Å². The van der Waals surface area contributed by atoms with E-state index in [2.05, 4.69) is 0 Å². The maximum atomic E-state index is 13.2. The van der Waals surface area contributed by atoms with Crippen LogP contribution in [0.4, 0.5) is 17.6 Å². The summed E-state index contributed by atoms with van der Waals surface area (Å²) in [7, 11) is 0. The lowest BCUT2D eigenvalue weighted by Gasteiger charge is -2.32. The van der Waals surface area contributed by atoms with Crippen LogP contribution < -0.4 is 0 Å². The monoisotopic (exact) mass is 228 g/mol. The van der Waals surface area contributed by atoms with Crippen LogP contribution in [0, 0.1) is 5.92 Å². The molecule has 0 radical (unpaired) electrons. The lowest BCUT2D eigenvalue weighted by Crippen LogP contribution is -2.36. The van der Waals surface area contributed by atoms with E-state index in [4.69, 9.17) is 5.11 Å². The summed E-state index contributed by atoms with van der Waals surface area (Å²) in [5.74, 6) is -9.07. The number of hydrogen-bond acceptors (Lipinski definition) is 1. The van der Waals surface area contributed by atoms with E-state index in [1.54, 1.807) is 0 Å². The molecule has 0 saturated heterocycles. The lowest BCUT2D eigenvalue weighted by atomic mass is 9.81. The van der Waals surface area contributed by atoms with Crippen molar-refractivity contribution in [2.75, 3.05) is 0 Å². The highest BCUT2D eigenvalue weighted by Crippen LogP contribution is 2.43. The third-order valence-corrected chi connectivity index (χ3v) is 2.70. The van der Waals surface area contributed by atoms with Gasteiger partial charge in [-0.05, 0) is 12.8 Å². The molecule has 0 aliphatic heterocycles. The van der Waals surface area contributed by atoms with E-state index in [0.29, 0.717) is 0 Å². The van der Waals surface area contributed by atoms with E-state index in [-0.39, 0.29) is 12.8 Å². The fourth-order valence-corrected chi connectivity index (χ4v) is 1.81. The molecule has 0 aromatic heterocycles. The molecule has 0 unspecified atom stereocenters. The molecule has 1 aliphatic carbocycles. The van der Waals surface area contributed by atoms with Crippen molar-refractivity contribution >= 4 is 5.97 Å². The van der Waals surface area contributed by atoms with Crippen LogP contribution >= 0.6 is 0 Å².